The van der Waals surface area contributed by atoms with Gasteiger partial charge in [0.15, 0.2) is 0 Å². The van der Waals surface area contributed by atoms with E-state index in [0.29, 0.717) is 5.88 Å². The molecule has 2 aromatic rings. The first kappa shape index (κ1) is 13.9. The number of benzene rings is 1. The molecule has 1 aliphatic carbocycles. The summed E-state index contributed by atoms with van der Waals surface area (Å²) in [5.41, 5.74) is 3.97. The minimum atomic E-state index is 0.190. The van der Waals surface area contributed by atoms with Crippen LogP contribution in [0.3, 0.4) is 0 Å². The lowest BCUT2D eigenvalue weighted by molar-refractivity contribution is 0.264. The number of methoxy groups -OCH3 is 1. The predicted octanol–water partition coefficient (Wildman–Crippen LogP) is 4.22. The SMILES string of the molecule is COc1ncccc1NC1c2ccccc2CCC1(C)C. The summed E-state index contributed by atoms with van der Waals surface area (Å²) in [5, 5.41) is 3.66. The maximum absolute atomic E-state index is 5.37. The van der Waals surface area contributed by atoms with Crippen molar-refractivity contribution in [2.45, 2.75) is 32.7 Å². The second-order valence-electron chi connectivity index (χ2n) is 6.32. The smallest absolute Gasteiger partial charge is 0.237 e. The van der Waals surface area contributed by atoms with Gasteiger partial charge in [0.1, 0.15) is 0 Å². The fraction of sp³-hybridized carbons (Fsp3) is 0.389. The highest BCUT2D eigenvalue weighted by atomic mass is 16.5. The topological polar surface area (TPSA) is 34.1 Å². The molecular formula is C18H22N2O. The highest BCUT2D eigenvalue weighted by molar-refractivity contribution is 5.55. The molecule has 1 heterocycles. The number of aryl methyl sites for hydroxylation is 1. The largest absolute Gasteiger partial charge is 0.480 e. The zero-order valence-corrected chi connectivity index (χ0v) is 12.9. The standard InChI is InChI=1S/C18H22N2O/c1-18(2)11-10-13-7-4-5-8-14(13)16(18)20-15-9-6-12-19-17(15)21-3/h4-9,12,16,20H,10-11H2,1-3H3. The van der Waals surface area contributed by atoms with E-state index >= 15 is 0 Å². The van der Waals surface area contributed by atoms with E-state index in [2.05, 4.69) is 48.4 Å². The van der Waals surface area contributed by atoms with Gasteiger partial charge in [-0.15, -0.1) is 0 Å². The van der Waals surface area contributed by atoms with E-state index in [1.165, 1.54) is 17.5 Å². The zero-order chi connectivity index (χ0) is 14.9. The van der Waals surface area contributed by atoms with Crippen LogP contribution < -0.4 is 10.1 Å². The molecule has 1 N–H and O–H groups in total. The number of hydrogen-bond acceptors (Lipinski definition) is 3. The Kier molecular flexibility index (Phi) is 3.58. The lowest BCUT2D eigenvalue weighted by atomic mass is 9.70. The van der Waals surface area contributed by atoms with Gasteiger partial charge in [-0.3, -0.25) is 0 Å². The van der Waals surface area contributed by atoms with E-state index in [1.54, 1.807) is 13.3 Å². The minimum Gasteiger partial charge on any atom is -0.480 e. The lowest BCUT2D eigenvalue weighted by Gasteiger charge is -2.41. The second kappa shape index (κ2) is 5.40. The van der Waals surface area contributed by atoms with Gasteiger partial charge in [0.25, 0.3) is 0 Å². The first-order valence-corrected chi connectivity index (χ1v) is 7.45. The molecule has 0 saturated carbocycles. The van der Waals surface area contributed by atoms with Crippen LogP contribution >= 0.6 is 0 Å². The predicted molar refractivity (Wildman–Crippen MR) is 85.7 cm³/mol. The van der Waals surface area contributed by atoms with Crippen LogP contribution in [-0.2, 0) is 6.42 Å². The van der Waals surface area contributed by atoms with E-state index in [9.17, 15) is 0 Å². The molecule has 1 aromatic heterocycles. The number of anilines is 1. The Bertz CT molecular complexity index is 637. The fourth-order valence-electron chi connectivity index (χ4n) is 3.16. The second-order valence-corrected chi connectivity index (χ2v) is 6.32. The van der Waals surface area contributed by atoms with Crippen molar-refractivity contribution in [1.29, 1.82) is 0 Å². The summed E-state index contributed by atoms with van der Waals surface area (Å²) >= 11 is 0. The van der Waals surface area contributed by atoms with E-state index in [-0.39, 0.29) is 11.5 Å². The van der Waals surface area contributed by atoms with Gasteiger partial charge < -0.3 is 10.1 Å². The van der Waals surface area contributed by atoms with Crippen molar-refractivity contribution >= 4 is 5.69 Å². The molecule has 1 unspecified atom stereocenters. The molecule has 3 heteroatoms. The van der Waals surface area contributed by atoms with Gasteiger partial charge in [0.05, 0.1) is 18.8 Å². The molecule has 1 atom stereocenters. The summed E-state index contributed by atoms with van der Waals surface area (Å²) in [5.74, 6) is 0.649. The molecule has 0 bridgehead atoms. The van der Waals surface area contributed by atoms with E-state index in [0.717, 1.165) is 12.1 Å². The first-order chi connectivity index (χ1) is 10.1. The molecule has 0 radical (unpaired) electrons. The number of fused-ring (bicyclic) bond motifs is 1. The van der Waals surface area contributed by atoms with Gasteiger partial charge in [0.2, 0.25) is 5.88 Å². The third-order valence-electron chi connectivity index (χ3n) is 4.45. The van der Waals surface area contributed by atoms with Gasteiger partial charge >= 0.3 is 0 Å². The number of aromatic nitrogens is 1. The Morgan fingerprint density at radius 3 is 2.81 bits per heavy atom. The van der Waals surface area contributed by atoms with Crippen LogP contribution in [0.1, 0.15) is 37.4 Å². The molecule has 0 saturated heterocycles. The summed E-state index contributed by atoms with van der Waals surface area (Å²) in [6, 6.07) is 12.9. The number of hydrogen-bond donors (Lipinski definition) is 1. The molecule has 3 rings (SSSR count). The van der Waals surface area contributed by atoms with Crippen molar-refractivity contribution < 1.29 is 4.74 Å². The van der Waals surface area contributed by atoms with Crippen molar-refractivity contribution in [3.63, 3.8) is 0 Å². The summed E-state index contributed by atoms with van der Waals surface area (Å²) in [6.07, 6.45) is 4.07. The van der Waals surface area contributed by atoms with Crippen LogP contribution in [-0.4, -0.2) is 12.1 Å². The Balaban J connectivity index is 1.99. The minimum absolute atomic E-state index is 0.190. The van der Waals surface area contributed by atoms with Gasteiger partial charge in [-0.25, -0.2) is 4.98 Å². The summed E-state index contributed by atoms with van der Waals surface area (Å²) in [6.45, 7) is 4.65. The molecule has 0 aliphatic heterocycles. The zero-order valence-electron chi connectivity index (χ0n) is 12.9. The Hall–Kier alpha value is -2.03. The molecule has 1 aromatic carbocycles. The molecule has 3 nitrogen and oxygen atoms in total. The van der Waals surface area contributed by atoms with Crippen molar-refractivity contribution in [1.82, 2.24) is 4.98 Å². The fourth-order valence-corrected chi connectivity index (χ4v) is 3.16. The Labute approximate surface area is 126 Å². The van der Waals surface area contributed by atoms with Gasteiger partial charge in [-0.2, -0.15) is 0 Å². The normalized spacial score (nSPS) is 19.7. The van der Waals surface area contributed by atoms with Crippen LogP contribution in [0.15, 0.2) is 42.6 Å². The number of rotatable bonds is 3. The molecule has 110 valence electrons. The molecule has 0 spiro atoms. The number of nitrogens with one attached hydrogen (secondary N) is 1. The van der Waals surface area contributed by atoms with Crippen LogP contribution in [0.4, 0.5) is 5.69 Å². The lowest BCUT2D eigenvalue weighted by Crippen LogP contribution is -2.33. The number of ether oxygens (including phenoxy) is 1. The maximum Gasteiger partial charge on any atom is 0.237 e. The van der Waals surface area contributed by atoms with Crippen molar-refractivity contribution in [2.75, 3.05) is 12.4 Å². The third kappa shape index (κ3) is 2.60. The Morgan fingerprint density at radius 2 is 2.00 bits per heavy atom. The van der Waals surface area contributed by atoms with E-state index < -0.39 is 0 Å². The first-order valence-electron chi connectivity index (χ1n) is 7.45. The molecule has 1 aliphatic rings. The average molecular weight is 282 g/mol. The number of pyridine rings is 1. The van der Waals surface area contributed by atoms with Gasteiger partial charge in [-0.1, -0.05) is 38.1 Å². The highest BCUT2D eigenvalue weighted by Crippen LogP contribution is 2.45. The van der Waals surface area contributed by atoms with Crippen LogP contribution in [0, 0.1) is 5.41 Å². The monoisotopic (exact) mass is 282 g/mol. The van der Waals surface area contributed by atoms with Gasteiger partial charge in [-0.05, 0) is 41.5 Å². The quantitative estimate of drug-likeness (QED) is 0.915. The van der Waals surface area contributed by atoms with Crippen molar-refractivity contribution in [3.8, 4) is 5.88 Å². The molecular weight excluding hydrogens is 260 g/mol. The van der Waals surface area contributed by atoms with E-state index in [4.69, 9.17) is 4.74 Å². The third-order valence-corrected chi connectivity index (χ3v) is 4.45. The Morgan fingerprint density at radius 1 is 1.19 bits per heavy atom. The van der Waals surface area contributed by atoms with Crippen molar-refractivity contribution in [2.24, 2.45) is 5.41 Å². The highest BCUT2D eigenvalue weighted by Gasteiger charge is 2.36. The summed E-state index contributed by atoms with van der Waals surface area (Å²) < 4.78 is 5.37. The van der Waals surface area contributed by atoms with Crippen LogP contribution in [0.25, 0.3) is 0 Å². The average Bonchev–Trinajstić information content (AvgIpc) is 2.50. The summed E-state index contributed by atoms with van der Waals surface area (Å²) in [7, 11) is 1.66. The summed E-state index contributed by atoms with van der Waals surface area (Å²) in [4.78, 5) is 4.28. The van der Waals surface area contributed by atoms with Gasteiger partial charge in [0, 0.05) is 6.20 Å². The van der Waals surface area contributed by atoms with Crippen LogP contribution in [0.2, 0.25) is 0 Å². The maximum atomic E-state index is 5.37. The number of nitrogens with zero attached hydrogens (tertiary/aromatic N) is 1. The molecule has 21 heavy (non-hydrogen) atoms. The van der Waals surface area contributed by atoms with Crippen LogP contribution in [0.5, 0.6) is 5.88 Å². The molecule has 0 amide bonds. The van der Waals surface area contributed by atoms with Crippen molar-refractivity contribution in [3.05, 3.63) is 53.7 Å². The molecule has 0 fully saturated rings. The van der Waals surface area contributed by atoms with E-state index in [1.807, 2.05) is 12.1 Å².